The molecule has 6 heteroatoms. The third-order valence-electron chi connectivity index (χ3n) is 3.19. The van der Waals surface area contributed by atoms with E-state index in [0.29, 0.717) is 11.4 Å². The van der Waals surface area contributed by atoms with E-state index in [4.69, 9.17) is 9.63 Å². The quantitative estimate of drug-likeness (QED) is 0.771. The predicted molar refractivity (Wildman–Crippen MR) is 83.3 cm³/mol. The summed E-state index contributed by atoms with van der Waals surface area (Å²) in [5.41, 5.74) is 1.59. The Balaban J connectivity index is 1.74. The van der Waals surface area contributed by atoms with Gasteiger partial charge in [0.15, 0.2) is 11.5 Å². The summed E-state index contributed by atoms with van der Waals surface area (Å²) in [5.74, 6) is -0.956. The minimum Gasteiger partial charge on any atom is -0.478 e. The molecule has 0 spiro atoms. The molecule has 0 saturated carbocycles. The number of carbonyl (C=O) groups excluding carboxylic acids is 1. The summed E-state index contributed by atoms with van der Waals surface area (Å²) in [6.07, 6.45) is 0. The van der Waals surface area contributed by atoms with Gasteiger partial charge in [0.05, 0.1) is 5.56 Å². The van der Waals surface area contributed by atoms with E-state index >= 15 is 0 Å². The fraction of sp³-hybridized carbons (Fsp3) is 0. The topological polar surface area (TPSA) is 92.4 Å². The van der Waals surface area contributed by atoms with Crippen molar-refractivity contribution in [2.45, 2.75) is 0 Å². The number of nitrogens with one attached hydrogen (secondary N) is 1. The molecule has 1 heterocycles. The molecular weight excluding hydrogens is 296 g/mol. The van der Waals surface area contributed by atoms with Crippen LogP contribution in [-0.4, -0.2) is 22.1 Å². The van der Waals surface area contributed by atoms with Crippen LogP contribution in [0.4, 0.5) is 5.69 Å². The lowest BCUT2D eigenvalue weighted by Crippen LogP contribution is -2.12. The van der Waals surface area contributed by atoms with Crippen molar-refractivity contribution in [2.75, 3.05) is 5.32 Å². The molecule has 0 radical (unpaired) electrons. The van der Waals surface area contributed by atoms with Crippen molar-refractivity contribution in [2.24, 2.45) is 0 Å². The van der Waals surface area contributed by atoms with Crippen molar-refractivity contribution < 1.29 is 19.2 Å². The molecule has 3 aromatic rings. The van der Waals surface area contributed by atoms with Crippen LogP contribution < -0.4 is 5.32 Å². The van der Waals surface area contributed by atoms with Gasteiger partial charge in [0.2, 0.25) is 0 Å². The lowest BCUT2D eigenvalue weighted by Gasteiger charge is -2.02. The number of carbonyl (C=O) groups is 2. The molecule has 3 rings (SSSR count). The predicted octanol–water partition coefficient (Wildman–Crippen LogP) is 3.29. The number of aromatic carboxylic acids is 1. The molecule has 0 aliphatic rings. The zero-order chi connectivity index (χ0) is 16.2. The lowest BCUT2D eigenvalue weighted by atomic mass is 10.1. The van der Waals surface area contributed by atoms with Crippen LogP contribution in [0.1, 0.15) is 20.8 Å². The van der Waals surface area contributed by atoms with Gasteiger partial charge < -0.3 is 14.9 Å². The summed E-state index contributed by atoms with van der Waals surface area (Å²) in [7, 11) is 0. The number of amides is 1. The smallest absolute Gasteiger partial charge is 0.335 e. The second-order valence-corrected chi connectivity index (χ2v) is 4.78. The van der Waals surface area contributed by atoms with Gasteiger partial charge in [0.1, 0.15) is 0 Å². The number of benzene rings is 2. The molecule has 0 aliphatic carbocycles. The Morgan fingerprint density at radius 1 is 1.00 bits per heavy atom. The molecule has 0 bridgehead atoms. The minimum atomic E-state index is -1.02. The van der Waals surface area contributed by atoms with Crippen LogP contribution in [0.15, 0.2) is 65.2 Å². The maximum atomic E-state index is 12.1. The second-order valence-electron chi connectivity index (χ2n) is 4.78. The molecule has 6 nitrogen and oxygen atoms in total. The van der Waals surface area contributed by atoms with Crippen molar-refractivity contribution >= 4 is 17.6 Å². The van der Waals surface area contributed by atoms with Gasteiger partial charge in [0, 0.05) is 17.3 Å². The number of carboxylic acid groups (broad SMARTS) is 1. The Labute approximate surface area is 131 Å². The molecule has 0 atom stereocenters. The van der Waals surface area contributed by atoms with Crippen LogP contribution in [0.25, 0.3) is 11.3 Å². The fourth-order valence-corrected chi connectivity index (χ4v) is 2.01. The molecule has 0 aliphatic heterocycles. The average Bonchev–Trinajstić information content (AvgIpc) is 3.06. The maximum Gasteiger partial charge on any atom is 0.335 e. The van der Waals surface area contributed by atoms with E-state index in [1.54, 1.807) is 6.07 Å². The van der Waals surface area contributed by atoms with E-state index in [-0.39, 0.29) is 11.3 Å². The number of hydrogen-bond acceptors (Lipinski definition) is 4. The molecule has 2 aromatic carbocycles. The average molecular weight is 308 g/mol. The Bertz CT molecular complexity index is 839. The first-order valence-electron chi connectivity index (χ1n) is 6.80. The second kappa shape index (κ2) is 6.15. The van der Waals surface area contributed by atoms with E-state index in [1.807, 2.05) is 30.3 Å². The van der Waals surface area contributed by atoms with Crippen molar-refractivity contribution in [1.82, 2.24) is 5.16 Å². The monoisotopic (exact) mass is 308 g/mol. The van der Waals surface area contributed by atoms with Crippen LogP contribution in [-0.2, 0) is 0 Å². The van der Waals surface area contributed by atoms with Gasteiger partial charge in [0.25, 0.3) is 5.91 Å². The van der Waals surface area contributed by atoms with E-state index in [2.05, 4.69) is 10.5 Å². The highest BCUT2D eigenvalue weighted by Gasteiger charge is 2.14. The normalized spacial score (nSPS) is 10.3. The van der Waals surface area contributed by atoms with Crippen LogP contribution in [0.5, 0.6) is 0 Å². The van der Waals surface area contributed by atoms with Crippen molar-refractivity contribution in [3.05, 3.63) is 71.9 Å². The highest BCUT2D eigenvalue weighted by molar-refractivity contribution is 6.03. The van der Waals surface area contributed by atoms with Gasteiger partial charge in [-0.2, -0.15) is 0 Å². The third-order valence-corrected chi connectivity index (χ3v) is 3.19. The first-order valence-corrected chi connectivity index (χ1v) is 6.80. The number of anilines is 1. The standard InChI is InChI=1S/C17H12N2O4/c20-16(18-13-8-6-12(7-9-13)17(21)22)14-10-15(23-19-14)11-4-2-1-3-5-11/h1-10H,(H,18,20)(H,21,22). The van der Waals surface area contributed by atoms with Crippen molar-refractivity contribution in [3.8, 4) is 11.3 Å². The number of carboxylic acids is 1. The van der Waals surface area contributed by atoms with Crippen molar-refractivity contribution in [3.63, 3.8) is 0 Å². The SMILES string of the molecule is O=C(O)c1ccc(NC(=O)c2cc(-c3ccccc3)on2)cc1. The van der Waals surface area contributed by atoms with Gasteiger partial charge in [-0.25, -0.2) is 4.79 Å². The van der Waals surface area contributed by atoms with Gasteiger partial charge >= 0.3 is 5.97 Å². The van der Waals surface area contributed by atoms with Crippen LogP contribution >= 0.6 is 0 Å². The highest BCUT2D eigenvalue weighted by Crippen LogP contribution is 2.20. The van der Waals surface area contributed by atoms with E-state index in [1.165, 1.54) is 24.3 Å². The van der Waals surface area contributed by atoms with E-state index in [9.17, 15) is 9.59 Å². The van der Waals surface area contributed by atoms with Crippen molar-refractivity contribution in [1.29, 1.82) is 0 Å². The van der Waals surface area contributed by atoms with Crippen LogP contribution in [0.3, 0.4) is 0 Å². The summed E-state index contributed by atoms with van der Waals surface area (Å²) in [4.78, 5) is 22.9. The number of hydrogen-bond donors (Lipinski definition) is 2. The van der Waals surface area contributed by atoms with Gasteiger partial charge in [-0.1, -0.05) is 35.5 Å². The van der Waals surface area contributed by atoms with Gasteiger partial charge in [-0.05, 0) is 24.3 Å². The summed E-state index contributed by atoms with van der Waals surface area (Å²) in [6, 6.07) is 16.7. The van der Waals surface area contributed by atoms with E-state index < -0.39 is 11.9 Å². The zero-order valence-corrected chi connectivity index (χ0v) is 11.9. The molecule has 1 amide bonds. The first-order chi connectivity index (χ1) is 11.1. The maximum absolute atomic E-state index is 12.1. The Morgan fingerprint density at radius 2 is 1.70 bits per heavy atom. The summed E-state index contributed by atoms with van der Waals surface area (Å²) < 4.78 is 5.17. The minimum absolute atomic E-state index is 0.145. The van der Waals surface area contributed by atoms with E-state index in [0.717, 1.165) is 5.56 Å². The summed E-state index contributed by atoms with van der Waals surface area (Å²) >= 11 is 0. The summed E-state index contributed by atoms with van der Waals surface area (Å²) in [6.45, 7) is 0. The molecule has 0 saturated heterocycles. The largest absolute Gasteiger partial charge is 0.478 e. The lowest BCUT2D eigenvalue weighted by molar-refractivity contribution is 0.0696. The number of aromatic nitrogens is 1. The molecule has 0 fully saturated rings. The number of nitrogens with zero attached hydrogens (tertiary/aromatic N) is 1. The Hall–Kier alpha value is -3.41. The third kappa shape index (κ3) is 3.26. The molecule has 23 heavy (non-hydrogen) atoms. The van der Waals surface area contributed by atoms with Gasteiger partial charge in [-0.15, -0.1) is 0 Å². The van der Waals surface area contributed by atoms with Crippen LogP contribution in [0.2, 0.25) is 0 Å². The molecule has 0 unspecified atom stereocenters. The highest BCUT2D eigenvalue weighted by atomic mass is 16.5. The molecular formula is C17H12N2O4. The zero-order valence-electron chi connectivity index (χ0n) is 11.9. The Kier molecular flexibility index (Phi) is 3.88. The first kappa shape index (κ1) is 14.5. The molecule has 1 aromatic heterocycles. The van der Waals surface area contributed by atoms with Gasteiger partial charge in [-0.3, -0.25) is 4.79 Å². The fourth-order valence-electron chi connectivity index (χ4n) is 2.01. The summed E-state index contributed by atoms with van der Waals surface area (Å²) in [5, 5.41) is 15.2. The van der Waals surface area contributed by atoms with Crippen LogP contribution in [0, 0.1) is 0 Å². The Morgan fingerprint density at radius 3 is 2.35 bits per heavy atom. The molecule has 114 valence electrons. The molecule has 2 N–H and O–H groups in total. The number of rotatable bonds is 4.